The number of urea groups is 1. The molecular formula is C25H31N5O3. The Morgan fingerprint density at radius 1 is 0.970 bits per heavy atom. The largest absolute Gasteiger partial charge is 0.467 e. The van der Waals surface area contributed by atoms with Gasteiger partial charge in [0.1, 0.15) is 5.76 Å². The van der Waals surface area contributed by atoms with Gasteiger partial charge in [-0.1, -0.05) is 24.3 Å². The maximum atomic E-state index is 12.8. The maximum Gasteiger partial charge on any atom is 0.318 e. The molecule has 8 heteroatoms. The molecule has 0 aliphatic heterocycles. The van der Waals surface area contributed by atoms with Gasteiger partial charge < -0.3 is 30.6 Å². The summed E-state index contributed by atoms with van der Waals surface area (Å²) < 4.78 is 5.29. The normalized spacial score (nSPS) is 10.8. The fraction of sp³-hybridized carbons (Fsp3) is 0.280. The molecule has 0 aliphatic carbocycles. The predicted octanol–water partition coefficient (Wildman–Crippen LogP) is 3.78. The monoisotopic (exact) mass is 449 g/mol. The minimum atomic E-state index is -0.238. The Kier molecular flexibility index (Phi) is 8.49. The van der Waals surface area contributed by atoms with E-state index in [0.29, 0.717) is 42.3 Å². The summed E-state index contributed by atoms with van der Waals surface area (Å²) in [5, 5.41) is 5.73. The maximum absolute atomic E-state index is 12.8. The number of furan rings is 1. The van der Waals surface area contributed by atoms with Gasteiger partial charge >= 0.3 is 6.03 Å². The zero-order valence-electron chi connectivity index (χ0n) is 19.1. The van der Waals surface area contributed by atoms with E-state index in [2.05, 4.69) is 15.5 Å². The van der Waals surface area contributed by atoms with Gasteiger partial charge in [0.05, 0.1) is 24.2 Å². The van der Waals surface area contributed by atoms with E-state index in [1.807, 2.05) is 44.4 Å². The molecule has 0 bridgehead atoms. The van der Waals surface area contributed by atoms with Crippen molar-refractivity contribution in [3.05, 3.63) is 83.8 Å². The first-order chi connectivity index (χ1) is 15.9. The first kappa shape index (κ1) is 23.9. The minimum absolute atomic E-state index is 0.161. The summed E-state index contributed by atoms with van der Waals surface area (Å²) in [6.45, 7) is 2.25. The van der Waals surface area contributed by atoms with Crippen LogP contribution in [0.1, 0.15) is 28.1 Å². The minimum Gasteiger partial charge on any atom is -0.467 e. The number of rotatable bonds is 10. The summed E-state index contributed by atoms with van der Waals surface area (Å²) in [4.78, 5) is 29.2. The number of carbonyl (C=O) groups is 2. The van der Waals surface area contributed by atoms with Crippen LogP contribution in [-0.2, 0) is 13.1 Å². The van der Waals surface area contributed by atoms with Crippen molar-refractivity contribution in [3.8, 4) is 0 Å². The summed E-state index contributed by atoms with van der Waals surface area (Å²) in [5.41, 5.74) is 8.44. The number of amides is 3. The summed E-state index contributed by atoms with van der Waals surface area (Å²) in [6.07, 6.45) is 2.43. The molecule has 0 unspecified atom stereocenters. The molecule has 0 fully saturated rings. The Bertz CT molecular complexity index is 1030. The lowest BCUT2D eigenvalue weighted by Gasteiger charge is -2.24. The highest BCUT2D eigenvalue weighted by molar-refractivity contribution is 6.05. The highest BCUT2D eigenvalue weighted by atomic mass is 16.3. The fourth-order valence-electron chi connectivity index (χ4n) is 3.31. The van der Waals surface area contributed by atoms with Crippen molar-refractivity contribution in [2.24, 2.45) is 0 Å². The molecule has 3 aromatic rings. The van der Waals surface area contributed by atoms with Crippen LogP contribution in [-0.4, -0.2) is 48.9 Å². The summed E-state index contributed by atoms with van der Waals surface area (Å²) in [6, 6.07) is 17.8. The lowest BCUT2D eigenvalue weighted by molar-refractivity contribution is 0.102. The van der Waals surface area contributed by atoms with E-state index in [1.54, 1.807) is 41.5 Å². The van der Waals surface area contributed by atoms with Crippen LogP contribution in [0.4, 0.5) is 16.2 Å². The van der Waals surface area contributed by atoms with Crippen molar-refractivity contribution < 1.29 is 14.0 Å². The van der Waals surface area contributed by atoms with Crippen LogP contribution in [0.15, 0.2) is 71.3 Å². The van der Waals surface area contributed by atoms with Crippen molar-refractivity contribution in [2.45, 2.75) is 19.5 Å². The first-order valence-electron chi connectivity index (χ1n) is 10.9. The van der Waals surface area contributed by atoms with E-state index in [0.717, 1.165) is 18.5 Å². The van der Waals surface area contributed by atoms with Crippen LogP contribution in [0, 0.1) is 0 Å². The predicted molar refractivity (Wildman–Crippen MR) is 130 cm³/mol. The molecule has 0 saturated heterocycles. The second-order valence-corrected chi connectivity index (χ2v) is 8.05. The molecule has 0 atom stereocenters. The standard InChI is InChI=1S/C25H31N5O3/c1-29(2)14-6-15-30(25(32)27-17-21-7-5-16-33-21)18-19-10-12-20(13-11-19)24(31)28-23-9-4-3-8-22(23)26/h3-5,7-13,16H,6,14-15,17-18,26H2,1-2H3,(H,27,32)(H,28,31). The second-order valence-electron chi connectivity index (χ2n) is 8.05. The molecule has 174 valence electrons. The SMILES string of the molecule is CN(C)CCCN(Cc1ccc(C(=O)Nc2ccccc2N)cc1)C(=O)NCc1ccco1. The number of nitrogen functional groups attached to an aromatic ring is 1. The number of hydrogen-bond donors (Lipinski definition) is 3. The fourth-order valence-corrected chi connectivity index (χ4v) is 3.31. The van der Waals surface area contributed by atoms with E-state index >= 15 is 0 Å². The van der Waals surface area contributed by atoms with Crippen LogP contribution >= 0.6 is 0 Å². The molecule has 4 N–H and O–H groups in total. The number of hydrogen-bond acceptors (Lipinski definition) is 5. The van der Waals surface area contributed by atoms with E-state index in [1.165, 1.54) is 0 Å². The van der Waals surface area contributed by atoms with Crippen molar-refractivity contribution >= 4 is 23.3 Å². The van der Waals surface area contributed by atoms with Crippen LogP contribution in [0.3, 0.4) is 0 Å². The second kappa shape index (κ2) is 11.7. The number of para-hydroxylation sites is 2. The molecule has 3 rings (SSSR count). The molecule has 1 aromatic heterocycles. The van der Waals surface area contributed by atoms with Crippen molar-refractivity contribution in [1.29, 1.82) is 0 Å². The van der Waals surface area contributed by atoms with Crippen LogP contribution < -0.4 is 16.4 Å². The van der Waals surface area contributed by atoms with Crippen molar-refractivity contribution in [2.75, 3.05) is 38.2 Å². The number of anilines is 2. The van der Waals surface area contributed by atoms with E-state index < -0.39 is 0 Å². The Balaban J connectivity index is 1.62. The Labute approximate surface area is 194 Å². The molecule has 3 amide bonds. The number of nitrogens with zero attached hydrogens (tertiary/aromatic N) is 2. The van der Waals surface area contributed by atoms with Gasteiger partial charge in [-0.05, 0) is 69.0 Å². The summed E-state index contributed by atoms with van der Waals surface area (Å²) in [5.74, 6) is 0.462. The number of benzene rings is 2. The lowest BCUT2D eigenvalue weighted by atomic mass is 10.1. The van der Waals surface area contributed by atoms with Crippen molar-refractivity contribution in [3.63, 3.8) is 0 Å². The van der Waals surface area contributed by atoms with Crippen LogP contribution in [0.5, 0.6) is 0 Å². The van der Waals surface area contributed by atoms with E-state index in [4.69, 9.17) is 10.2 Å². The van der Waals surface area contributed by atoms with Gasteiger partial charge in [-0.25, -0.2) is 4.79 Å². The molecular weight excluding hydrogens is 418 g/mol. The molecule has 0 saturated carbocycles. The van der Waals surface area contributed by atoms with Crippen LogP contribution in [0.2, 0.25) is 0 Å². The van der Waals surface area contributed by atoms with Gasteiger partial charge in [-0.3, -0.25) is 4.79 Å². The van der Waals surface area contributed by atoms with Gasteiger partial charge in [0, 0.05) is 18.7 Å². The Morgan fingerprint density at radius 2 is 1.73 bits per heavy atom. The molecule has 0 aliphatic rings. The Hall–Kier alpha value is -3.78. The molecule has 33 heavy (non-hydrogen) atoms. The van der Waals surface area contributed by atoms with E-state index in [9.17, 15) is 9.59 Å². The highest BCUT2D eigenvalue weighted by Gasteiger charge is 2.15. The summed E-state index contributed by atoms with van der Waals surface area (Å²) >= 11 is 0. The zero-order chi connectivity index (χ0) is 23.6. The number of carbonyl (C=O) groups excluding carboxylic acids is 2. The van der Waals surface area contributed by atoms with Crippen molar-refractivity contribution in [1.82, 2.24) is 15.1 Å². The number of nitrogens with one attached hydrogen (secondary N) is 2. The number of nitrogens with two attached hydrogens (primary N) is 1. The molecule has 0 radical (unpaired) electrons. The molecule has 2 aromatic carbocycles. The third kappa shape index (κ3) is 7.40. The van der Waals surface area contributed by atoms with E-state index in [-0.39, 0.29) is 11.9 Å². The average molecular weight is 450 g/mol. The molecule has 0 spiro atoms. The lowest BCUT2D eigenvalue weighted by Crippen LogP contribution is -2.40. The van der Waals surface area contributed by atoms with Gasteiger partial charge in [0.25, 0.3) is 5.91 Å². The third-order valence-electron chi connectivity index (χ3n) is 5.11. The molecule has 8 nitrogen and oxygen atoms in total. The quantitative estimate of drug-likeness (QED) is 0.409. The molecule has 1 heterocycles. The smallest absolute Gasteiger partial charge is 0.318 e. The van der Waals surface area contributed by atoms with Gasteiger partial charge in [-0.2, -0.15) is 0 Å². The zero-order valence-corrected chi connectivity index (χ0v) is 19.1. The third-order valence-corrected chi connectivity index (χ3v) is 5.11. The average Bonchev–Trinajstić information content (AvgIpc) is 3.32. The Morgan fingerprint density at radius 3 is 2.39 bits per heavy atom. The van der Waals surface area contributed by atoms with Crippen LogP contribution in [0.25, 0.3) is 0 Å². The van der Waals surface area contributed by atoms with Gasteiger partial charge in [-0.15, -0.1) is 0 Å². The highest BCUT2D eigenvalue weighted by Crippen LogP contribution is 2.18. The van der Waals surface area contributed by atoms with Gasteiger partial charge in [0.15, 0.2) is 0 Å². The van der Waals surface area contributed by atoms with Gasteiger partial charge in [0.2, 0.25) is 0 Å². The summed E-state index contributed by atoms with van der Waals surface area (Å²) in [7, 11) is 4.02. The first-order valence-corrected chi connectivity index (χ1v) is 10.9. The topological polar surface area (TPSA) is 104 Å².